The molecule has 150 valence electrons. The van der Waals surface area contributed by atoms with Crippen LogP contribution in [-0.4, -0.2) is 16.6 Å². The van der Waals surface area contributed by atoms with E-state index in [0.29, 0.717) is 28.0 Å². The Kier molecular flexibility index (Phi) is 6.69. The Bertz CT molecular complexity index is 1110. The number of ether oxygens (including phenoxy) is 1. The number of benzene rings is 3. The van der Waals surface area contributed by atoms with Gasteiger partial charge in [-0.2, -0.15) is 0 Å². The van der Waals surface area contributed by atoms with E-state index in [9.17, 15) is 4.79 Å². The molecule has 3 aromatic carbocycles. The van der Waals surface area contributed by atoms with Gasteiger partial charge in [0.25, 0.3) is 0 Å². The Labute approximate surface area is 187 Å². The molecule has 0 saturated heterocycles. The van der Waals surface area contributed by atoms with Crippen LogP contribution in [0, 0.1) is 0 Å². The average molecular weight is 453 g/mol. The second kappa shape index (κ2) is 9.80. The molecule has 0 aliphatic rings. The van der Waals surface area contributed by atoms with Crippen molar-refractivity contribution in [1.29, 1.82) is 0 Å². The van der Waals surface area contributed by atoms with E-state index in [4.69, 9.17) is 16.3 Å². The molecule has 0 atom stereocenters. The predicted molar refractivity (Wildman–Crippen MR) is 125 cm³/mol. The lowest BCUT2D eigenvalue weighted by Crippen LogP contribution is -2.13. The van der Waals surface area contributed by atoms with Crippen molar-refractivity contribution in [2.45, 2.75) is 4.34 Å². The lowest BCUT2D eigenvalue weighted by molar-refractivity contribution is -0.113. The smallest absolute Gasteiger partial charge is 0.234 e. The molecule has 0 radical (unpaired) electrons. The van der Waals surface area contributed by atoms with Gasteiger partial charge in [-0.25, -0.2) is 4.98 Å². The van der Waals surface area contributed by atoms with Crippen molar-refractivity contribution in [1.82, 2.24) is 4.98 Å². The van der Waals surface area contributed by atoms with Gasteiger partial charge in [0.2, 0.25) is 5.91 Å². The number of carbonyl (C=O) groups is 1. The molecule has 30 heavy (non-hydrogen) atoms. The van der Waals surface area contributed by atoms with Crippen LogP contribution >= 0.6 is 34.7 Å². The second-order valence-electron chi connectivity index (χ2n) is 6.28. The van der Waals surface area contributed by atoms with Crippen molar-refractivity contribution in [2.75, 3.05) is 11.1 Å². The minimum absolute atomic E-state index is 0.0807. The Morgan fingerprint density at radius 2 is 1.63 bits per heavy atom. The molecule has 0 aliphatic heterocycles. The van der Waals surface area contributed by atoms with E-state index in [1.807, 2.05) is 60.0 Å². The molecule has 1 amide bonds. The Balaban J connectivity index is 1.28. The molecule has 0 aliphatic carbocycles. The molecule has 1 N–H and O–H groups in total. The largest absolute Gasteiger partial charge is 0.457 e. The van der Waals surface area contributed by atoms with Crippen LogP contribution in [-0.2, 0) is 4.79 Å². The fourth-order valence-electron chi connectivity index (χ4n) is 2.63. The van der Waals surface area contributed by atoms with Crippen molar-refractivity contribution in [3.05, 3.63) is 89.3 Å². The number of thioether (sulfide) groups is 1. The van der Waals surface area contributed by atoms with Crippen LogP contribution in [0.1, 0.15) is 0 Å². The van der Waals surface area contributed by atoms with Gasteiger partial charge in [-0.1, -0.05) is 53.7 Å². The molecule has 0 bridgehead atoms. The van der Waals surface area contributed by atoms with E-state index < -0.39 is 0 Å². The SMILES string of the molecule is O=C(CSc1nc(-c2ccccc2)cs1)Nc1ccc(Oc2ccc(Cl)cc2)cc1. The number of amides is 1. The summed E-state index contributed by atoms with van der Waals surface area (Å²) in [5, 5.41) is 5.56. The number of aromatic nitrogens is 1. The first-order chi connectivity index (χ1) is 14.7. The van der Waals surface area contributed by atoms with E-state index in [-0.39, 0.29) is 5.91 Å². The van der Waals surface area contributed by atoms with Gasteiger partial charge in [0, 0.05) is 21.7 Å². The highest BCUT2D eigenvalue weighted by Crippen LogP contribution is 2.28. The summed E-state index contributed by atoms with van der Waals surface area (Å²) in [6, 6.07) is 24.4. The maximum absolute atomic E-state index is 12.3. The van der Waals surface area contributed by atoms with Gasteiger partial charge < -0.3 is 10.1 Å². The number of thiazole rings is 1. The zero-order valence-corrected chi connectivity index (χ0v) is 18.1. The van der Waals surface area contributed by atoms with Crippen LogP contribution in [0.3, 0.4) is 0 Å². The first kappa shape index (κ1) is 20.5. The Morgan fingerprint density at radius 3 is 2.33 bits per heavy atom. The predicted octanol–water partition coefficient (Wildman–Crippen LogP) is 6.99. The summed E-state index contributed by atoms with van der Waals surface area (Å²) < 4.78 is 6.63. The van der Waals surface area contributed by atoms with Gasteiger partial charge in [-0.15, -0.1) is 11.3 Å². The van der Waals surface area contributed by atoms with E-state index in [2.05, 4.69) is 10.3 Å². The Morgan fingerprint density at radius 1 is 0.967 bits per heavy atom. The molecule has 7 heteroatoms. The van der Waals surface area contributed by atoms with E-state index >= 15 is 0 Å². The molecule has 4 aromatic rings. The van der Waals surface area contributed by atoms with Gasteiger partial charge in [-0.05, 0) is 48.5 Å². The highest BCUT2D eigenvalue weighted by Gasteiger charge is 2.09. The quantitative estimate of drug-likeness (QED) is 0.307. The van der Waals surface area contributed by atoms with Crippen LogP contribution in [0.5, 0.6) is 11.5 Å². The number of hydrogen-bond donors (Lipinski definition) is 1. The zero-order chi connectivity index (χ0) is 20.8. The van der Waals surface area contributed by atoms with Crippen LogP contribution in [0.4, 0.5) is 5.69 Å². The first-order valence-corrected chi connectivity index (χ1v) is 11.4. The zero-order valence-electron chi connectivity index (χ0n) is 15.7. The molecule has 0 fully saturated rings. The van der Waals surface area contributed by atoms with Gasteiger partial charge in [0.05, 0.1) is 11.4 Å². The third-order valence-corrected chi connectivity index (χ3v) is 6.34. The third-order valence-electron chi connectivity index (χ3n) is 4.07. The summed E-state index contributed by atoms with van der Waals surface area (Å²) in [6.07, 6.45) is 0. The number of nitrogens with one attached hydrogen (secondary N) is 1. The van der Waals surface area contributed by atoms with Crippen molar-refractivity contribution >= 4 is 46.3 Å². The summed E-state index contributed by atoms with van der Waals surface area (Å²) >= 11 is 8.85. The fraction of sp³-hybridized carbons (Fsp3) is 0.0435. The topological polar surface area (TPSA) is 51.2 Å². The summed E-state index contributed by atoms with van der Waals surface area (Å²) in [5.74, 6) is 1.60. The monoisotopic (exact) mass is 452 g/mol. The van der Waals surface area contributed by atoms with E-state index in [0.717, 1.165) is 15.6 Å². The summed E-state index contributed by atoms with van der Waals surface area (Å²) in [6.45, 7) is 0. The van der Waals surface area contributed by atoms with Gasteiger partial charge >= 0.3 is 0 Å². The normalized spacial score (nSPS) is 10.6. The van der Waals surface area contributed by atoms with Crippen molar-refractivity contribution in [2.24, 2.45) is 0 Å². The van der Waals surface area contributed by atoms with E-state index in [1.54, 1.807) is 35.6 Å². The van der Waals surface area contributed by atoms with Gasteiger partial charge in [0.1, 0.15) is 11.5 Å². The van der Waals surface area contributed by atoms with E-state index in [1.165, 1.54) is 11.8 Å². The molecular weight excluding hydrogens is 436 g/mol. The number of halogens is 1. The number of rotatable bonds is 7. The molecular formula is C23H17ClN2O2S2. The van der Waals surface area contributed by atoms with Crippen LogP contribution in [0.15, 0.2) is 88.6 Å². The number of hydrogen-bond acceptors (Lipinski definition) is 5. The van der Waals surface area contributed by atoms with Crippen LogP contribution < -0.4 is 10.1 Å². The second-order valence-corrected chi connectivity index (χ2v) is 8.80. The van der Waals surface area contributed by atoms with Crippen molar-refractivity contribution < 1.29 is 9.53 Å². The van der Waals surface area contributed by atoms with Crippen LogP contribution in [0.25, 0.3) is 11.3 Å². The highest BCUT2D eigenvalue weighted by atomic mass is 35.5. The standard InChI is InChI=1S/C23H17ClN2O2S2/c24-17-6-10-19(11-7-17)28-20-12-8-18(9-13-20)25-22(27)15-30-23-26-21(14-29-23)16-4-2-1-3-5-16/h1-14H,15H2,(H,25,27). The number of anilines is 1. The summed E-state index contributed by atoms with van der Waals surface area (Å²) in [7, 11) is 0. The number of nitrogens with zero attached hydrogens (tertiary/aromatic N) is 1. The summed E-state index contributed by atoms with van der Waals surface area (Å²) in [5.41, 5.74) is 2.72. The minimum Gasteiger partial charge on any atom is -0.457 e. The number of carbonyl (C=O) groups excluding carboxylic acids is 1. The van der Waals surface area contributed by atoms with Crippen molar-refractivity contribution in [3.63, 3.8) is 0 Å². The first-order valence-electron chi connectivity index (χ1n) is 9.13. The lowest BCUT2D eigenvalue weighted by Gasteiger charge is -2.08. The molecule has 4 nitrogen and oxygen atoms in total. The molecule has 1 aromatic heterocycles. The Hall–Kier alpha value is -2.80. The highest BCUT2D eigenvalue weighted by molar-refractivity contribution is 8.01. The molecule has 0 spiro atoms. The molecule has 0 unspecified atom stereocenters. The van der Waals surface area contributed by atoms with Crippen LogP contribution in [0.2, 0.25) is 5.02 Å². The maximum atomic E-state index is 12.3. The maximum Gasteiger partial charge on any atom is 0.234 e. The minimum atomic E-state index is -0.0807. The van der Waals surface area contributed by atoms with Gasteiger partial charge in [-0.3, -0.25) is 4.79 Å². The average Bonchev–Trinajstić information content (AvgIpc) is 3.25. The van der Waals surface area contributed by atoms with Crippen molar-refractivity contribution in [3.8, 4) is 22.8 Å². The lowest BCUT2D eigenvalue weighted by atomic mass is 10.2. The molecule has 4 rings (SSSR count). The fourth-order valence-corrected chi connectivity index (χ4v) is 4.40. The molecule has 1 heterocycles. The summed E-state index contributed by atoms with van der Waals surface area (Å²) in [4.78, 5) is 16.9. The third kappa shape index (κ3) is 5.63. The molecule has 0 saturated carbocycles. The van der Waals surface area contributed by atoms with Gasteiger partial charge in [0.15, 0.2) is 4.34 Å².